The van der Waals surface area contributed by atoms with E-state index in [2.05, 4.69) is 10.3 Å². The Morgan fingerprint density at radius 2 is 2.22 bits per heavy atom. The van der Waals surface area contributed by atoms with Gasteiger partial charge in [-0.3, -0.25) is 4.98 Å². The second-order valence-electron chi connectivity index (χ2n) is 6.84. The first-order valence-electron chi connectivity index (χ1n) is 9.53. The standard InChI is InChI=1S/C22H27N3O2/c1-25(15-5-10-21-11-6-16-27-21)22(26)24-20-9-4-7-18(17-20)12-13-19-8-2-3-14-23-19/h2-4,7-9,12-14,17,21H,5-6,10-11,15-16H2,1H3,(H,24,26)/b13-12+. The molecule has 1 aliphatic heterocycles. The van der Waals surface area contributed by atoms with Crippen LogP contribution in [-0.4, -0.2) is 42.2 Å². The van der Waals surface area contributed by atoms with Gasteiger partial charge < -0.3 is 15.0 Å². The maximum atomic E-state index is 12.4. The third-order valence-electron chi connectivity index (χ3n) is 4.66. The normalized spacial score (nSPS) is 16.6. The maximum absolute atomic E-state index is 12.4. The Morgan fingerprint density at radius 1 is 1.30 bits per heavy atom. The smallest absolute Gasteiger partial charge is 0.321 e. The zero-order valence-corrected chi connectivity index (χ0v) is 15.8. The van der Waals surface area contributed by atoms with Gasteiger partial charge in [-0.1, -0.05) is 24.3 Å². The lowest BCUT2D eigenvalue weighted by Gasteiger charge is -2.19. The number of benzene rings is 1. The molecule has 1 atom stereocenters. The number of aromatic nitrogens is 1. The fourth-order valence-corrected chi connectivity index (χ4v) is 3.12. The Bertz CT molecular complexity index is 755. The van der Waals surface area contributed by atoms with Crippen molar-refractivity contribution in [3.63, 3.8) is 0 Å². The molecule has 1 aromatic carbocycles. The number of nitrogens with one attached hydrogen (secondary N) is 1. The Hall–Kier alpha value is -2.66. The molecule has 1 N–H and O–H groups in total. The molecule has 0 saturated carbocycles. The van der Waals surface area contributed by atoms with Crippen molar-refractivity contribution in [2.75, 3.05) is 25.5 Å². The van der Waals surface area contributed by atoms with Crippen molar-refractivity contribution in [1.82, 2.24) is 9.88 Å². The lowest BCUT2D eigenvalue weighted by molar-refractivity contribution is 0.101. The van der Waals surface area contributed by atoms with Crippen LogP contribution in [0.1, 0.15) is 36.9 Å². The van der Waals surface area contributed by atoms with Gasteiger partial charge in [0.1, 0.15) is 0 Å². The summed E-state index contributed by atoms with van der Waals surface area (Å²) in [5.41, 5.74) is 2.70. The third-order valence-corrected chi connectivity index (χ3v) is 4.66. The molecule has 0 radical (unpaired) electrons. The van der Waals surface area contributed by atoms with Gasteiger partial charge in [0, 0.05) is 32.1 Å². The number of hydrogen-bond donors (Lipinski definition) is 1. The molecule has 27 heavy (non-hydrogen) atoms. The summed E-state index contributed by atoms with van der Waals surface area (Å²) in [7, 11) is 1.83. The Balaban J connectivity index is 1.49. The zero-order valence-electron chi connectivity index (χ0n) is 15.8. The van der Waals surface area contributed by atoms with Crippen LogP contribution in [-0.2, 0) is 4.74 Å². The third kappa shape index (κ3) is 6.22. The van der Waals surface area contributed by atoms with E-state index in [1.54, 1.807) is 11.1 Å². The van der Waals surface area contributed by atoms with Gasteiger partial charge in [-0.25, -0.2) is 4.79 Å². The molecule has 1 fully saturated rings. The molecule has 2 heterocycles. The van der Waals surface area contributed by atoms with Gasteiger partial charge in [0.05, 0.1) is 11.8 Å². The van der Waals surface area contributed by atoms with Crippen LogP contribution in [0.5, 0.6) is 0 Å². The average Bonchev–Trinajstić information content (AvgIpc) is 3.21. The van der Waals surface area contributed by atoms with Crippen molar-refractivity contribution in [3.8, 4) is 0 Å². The van der Waals surface area contributed by atoms with Gasteiger partial charge >= 0.3 is 6.03 Å². The van der Waals surface area contributed by atoms with Gasteiger partial charge in [0.25, 0.3) is 0 Å². The number of urea groups is 1. The predicted molar refractivity (Wildman–Crippen MR) is 109 cm³/mol. The van der Waals surface area contributed by atoms with Crippen LogP contribution in [0.15, 0.2) is 48.7 Å². The maximum Gasteiger partial charge on any atom is 0.321 e. The van der Waals surface area contributed by atoms with Crippen LogP contribution in [0.3, 0.4) is 0 Å². The van der Waals surface area contributed by atoms with Crippen LogP contribution < -0.4 is 5.32 Å². The molecule has 2 amide bonds. The fourth-order valence-electron chi connectivity index (χ4n) is 3.12. The van der Waals surface area contributed by atoms with Crippen molar-refractivity contribution < 1.29 is 9.53 Å². The van der Waals surface area contributed by atoms with Crippen LogP contribution in [0, 0.1) is 0 Å². The number of nitrogens with zero attached hydrogens (tertiary/aromatic N) is 2. The molecule has 1 unspecified atom stereocenters. The molecule has 0 bridgehead atoms. The first-order valence-corrected chi connectivity index (χ1v) is 9.53. The highest BCUT2D eigenvalue weighted by atomic mass is 16.5. The van der Waals surface area contributed by atoms with E-state index in [-0.39, 0.29) is 6.03 Å². The summed E-state index contributed by atoms with van der Waals surface area (Å²) in [5, 5.41) is 2.96. The van der Waals surface area contributed by atoms with E-state index >= 15 is 0 Å². The number of pyridine rings is 1. The first-order chi connectivity index (χ1) is 13.2. The number of hydrogen-bond acceptors (Lipinski definition) is 3. The fraction of sp³-hybridized carbons (Fsp3) is 0.364. The molecule has 3 rings (SSSR count). The molecule has 2 aromatic rings. The van der Waals surface area contributed by atoms with Crippen molar-refractivity contribution in [2.45, 2.75) is 31.8 Å². The SMILES string of the molecule is CN(CCCC1CCCO1)C(=O)Nc1cccc(/C=C/c2ccccn2)c1. The van der Waals surface area contributed by atoms with E-state index in [0.29, 0.717) is 6.10 Å². The Kier molecular flexibility index (Phi) is 6.99. The minimum absolute atomic E-state index is 0.0896. The zero-order chi connectivity index (χ0) is 18.9. The molecule has 142 valence electrons. The number of amides is 2. The van der Waals surface area contributed by atoms with Crippen LogP contribution in [0.4, 0.5) is 10.5 Å². The van der Waals surface area contributed by atoms with E-state index < -0.39 is 0 Å². The minimum Gasteiger partial charge on any atom is -0.378 e. The Morgan fingerprint density at radius 3 is 3.00 bits per heavy atom. The van der Waals surface area contributed by atoms with E-state index in [1.807, 2.05) is 61.7 Å². The largest absolute Gasteiger partial charge is 0.378 e. The quantitative estimate of drug-likeness (QED) is 0.775. The highest BCUT2D eigenvalue weighted by molar-refractivity contribution is 5.89. The molecular weight excluding hydrogens is 338 g/mol. The topological polar surface area (TPSA) is 54.5 Å². The highest BCUT2D eigenvalue weighted by Gasteiger charge is 2.16. The average molecular weight is 365 g/mol. The molecule has 0 spiro atoms. The second kappa shape index (κ2) is 9.88. The molecule has 1 aromatic heterocycles. The molecule has 5 heteroatoms. The van der Waals surface area contributed by atoms with Gasteiger partial charge in [-0.2, -0.15) is 0 Å². The molecule has 0 aliphatic carbocycles. The van der Waals surface area contributed by atoms with E-state index in [9.17, 15) is 4.79 Å². The van der Waals surface area contributed by atoms with Gasteiger partial charge in [0.15, 0.2) is 0 Å². The van der Waals surface area contributed by atoms with Crippen molar-refractivity contribution in [3.05, 3.63) is 59.9 Å². The van der Waals surface area contributed by atoms with Gasteiger partial charge in [0.2, 0.25) is 0 Å². The van der Waals surface area contributed by atoms with Crippen molar-refractivity contribution in [1.29, 1.82) is 0 Å². The lowest BCUT2D eigenvalue weighted by atomic mass is 10.1. The van der Waals surface area contributed by atoms with Crippen LogP contribution in [0.2, 0.25) is 0 Å². The van der Waals surface area contributed by atoms with E-state index in [1.165, 1.54) is 0 Å². The minimum atomic E-state index is -0.0896. The predicted octanol–water partition coefficient (Wildman–Crippen LogP) is 4.67. The summed E-state index contributed by atoms with van der Waals surface area (Å²) in [5.74, 6) is 0. The summed E-state index contributed by atoms with van der Waals surface area (Å²) in [6, 6.07) is 13.5. The summed E-state index contributed by atoms with van der Waals surface area (Å²) >= 11 is 0. The van der Waals surface area contributed by atoms with Crippen molar-refractivity contribution in [2.24, 2.45) is 0 Å². The monoisotopic (exact) mass is 365 g/mol. The number of carbonyl (C=O) groups is 1. The number of carbonyl (C=O) groups excluding carboxylic acids is 1. The number of ether oxygens (including phenoxy) is 1. The van der Waals surface area contributed by atoms with E-state index in [4.69, 9.17) is 4.74 Å². The molecule has 5 nitrogen and oxygen atoms in total. The van der Waals surface area contributed by atoms with Crippen LogP contribution in [0.25, 0.3) is 12.2 Å². The summed E-state index contributed by atoms with van der Waals surface area (Å²) in [6.07, 6.45) is 10.4. The molecule has 1 aliphatic rings. The van der Waals surface area contributed by atoms with E-state index in [0.717, 1.165) is 55.8 Å². The second-order valence-corrected chi connectivity index (χ2v) is 6.84. The van der Waals surface area contributed by atoms with Gasteiger partial charge in [-0.15, -0.1) is 0 Å². The number of anilines is 1. The number of rotatable bonds is 7. The summed E-state index contributed by atoms with van der Waals surface area (Å²) in [6.45, 7) is 1.61. The summed E-state index contributed by atoms with van der Waals surface area (Å²) < 4.78 is 5.63. The lowest BCUT2D eigenvalue weighted by Crippen LogP contribution is -2.32. The summed E-state index contributed by atoms with van der Waals surface area (Å²) in [4.78, 5) is 18.4. The first kappa shape index (κ1) is 19.1. The molecular formula is C22H27N3O2. The molecule has 1 saturated heterocycles. The highest BCUT2D eigenvalue weighted by Crippen LogP contribution is 2.17. The van der Waals surface area contributed by atoms with Crippen LogP contribution >= 0.6 is 0 Å². The van der Waals surface area contributed by atoms with Gasteiger partial charge in [-0.05, 0) is 61.6 Å². The van der Waals surface area contributed by atoms with Crippen molar-refractivity contribution >= 4 is 23.9 Å². The Labute approximate surface area is 161 Å².